The minimum atomic E-state index is -0.617. The highest BCUT2D eigenvalue weighted by molar-refractivity contribution is 6.32. The van der Waals surface area contributed by atoms with Crippen LogP contribution in [0.15, 0.2) is 18.2 Å². The summed E-state index contributed by atoms with van der Waals surface area (Å²) in [5.41, 5.74) is 0.649. The van der Waals surface area contributed by atoms with Crippen LogP contribution in [0.5, 0.6) is 5.75 Å². The van der Waals surface area contributed by atoms with Crippen molar-refractivity contribution in [3.8, 4) is 5.75 Å². The summed E-state index contributed by atoms with van der Waals surface area (Å²) < 4.78 is 0. The Balaban J connectivity index is 2.84. The molecule has 72 valence electrons. The molecule has 0 radical (unpaired) electrons. The second-order valence-corrected chi connectivity index (χ2v) is 3.19. The topological polar surface area (TPSA) is 52.5 Å². The highest BCUT2D eigenvalue weighted by atomic mass is 35.5. The first-order valence-electron chi connectivity index (χ1n) is 3.96. The molecule has 0 aliphatic rings. The van der Waals surface area contributed by atoms with E-state index in [9.17, 15) is 10.2 Å². The molecule has 0 heterocycles. The van der Waals surface area contributed by atoms with Crippen molar-refractivity contribution in [2.45, 2.75) is 6.10 Å². The lowest BCUT2D eigenvalue weighted by Gasteiger charge is -2.10. The Labute approximate surface area is 82.0 Å². The van der Waals surface area contributed by atoms with Gasteiger partial charge >= 0.3 is 0 Å². The van der Waals surface area contributed by atoms with E-state index >= 15 is 0 Å². The third-order valence-corrected chi connectivity index (χ3v) is 2.07. The van der Waals surface area contributed by atoms with Crippen LogP contribution in [0.1, 0.15) is 11.7 Å². The quantitative estimate of drug-likeness (QED) is 0.691. The van der Waals surface area contributed by atoms with Crippen molar-refractivity contribution >= 4 is 11.6 Å². The van der Waals surface area contributed by atoms with Crippen molar-refractivity contribution in [2.75, 3.05) is 13.6 Å². The van der Waals surface area contributed by atoms with Crippen molar-refractivity contribution in [3.05, 3.63) is 28.8 Å². The standard InChI is InChI=1S/C9H12ClNO2/c1-11-5-9(13)6-2-3-7(10)8(12)4-6/h2-4,9,11-13H,5H2,1H3/t9-/m1/s1. The Bertz CT molecular complexity index is 291. The summed E-state index contributed by atoms with van der Waals surface area (Å²) in [6.07, 6.45) is -0.617. The largest absolute Gasteiger partial charge is 0.506 e. The molecule has 1 atom stereocenters. The first-order valence-corrected chi connectivity index (χ1v) is 4.34. The number of phenolic OH excluding ortho intramolecular Hbond substituents is 1. The molecule has 0 bridgehead atoms. The Morgan fingerprint density at radius 3 is 2.77 bits per heavy atom. The van der Waals surface area contributed by atoms with Gasteiger partial charge in [-0.05, 0) is 24.7 Å². The summed E-state index contributed by atoms with van der Waals surface area (Å²) in [5.74, 6) is -0.00526. The summed E-state index contributed by atoms with van der Waals surface area (Å²) in [7, 11) is 1.75. The number of aliphatic hydroxyl groups excluding tert-OH is 1. The van der Waals surface area contributed by atoms with E-state index in [0.29, 0.717) is 17.1 Å². The Morgan fingerprint density at radius 1 is 1.54 bits per heavy atom. The van der Waals surface area contributed by atoms with E-state index in [4.69, 9.17) is 11.6 Å². The lowest BCUT2D eigenvalue weighted by Crippen LogP contribution is -2.16. The van der Waals surface area contributed by atoms with E-state index in [0.717, 1.165) is 0 Å². The molecular formula is C9H12ClNO2. The predicted octanol–water partition coefficient (Wildman–Crippen LogP) is 1.30. The summed E-state index contributed by atoms with van der Waals surface area (Å²) >= 11 is 5.62. The third kappa shape index (κ3) is 2.59. The molecule has 3 nitrogen and oxygen atoms in total. The maximum Gasteiger partial charge on any atom is 0.134 e. The van der Waals surface area contributed by atoms with E-state index in [1.54, 1.807) is 19.2 Å². The smallest absolute Gasteiger partial charge is 0.134 e. The van der Waals surface area contributed by atoms with Crippen molar-refractivity contribution < 1.29 is 10.2 Å². The van der Waals surface area contributed by atoms with Gasteiger partial charge in [0.1, 0.15) is 5.75 Å². The van der Waals surface area contributed by atoms with Gasteiger partial charge in [-0.3, -0.25) is 0 Å². The number of aromatic hydroxyl groups is 1. The maximum atomic E-state index is 9.52. The first-order chi connectivity index (χ1) is 6.15. The minimum Gasteiger partial charge on any atom is -0.506 e. The highest BCUT2D eigenvalue weighted by Gasteiger charge is 2.08. The Kier molecular flexibility index (Phi) is 3.54. The molecule has 0 saturated carbocycles. The van der Waals surface area contributed by atoms with Crippen LogP contribution in [0.25, 0.3) is 0 Å². The fraction of sp³-hybridized carbons (Fsp3) is 0.333. The highest BCUT2D eigenvalue weighted by Crippen LogP contribution is 2.26. The third-order valence-electron chi connectivity index (χ3n) is 1.75. The molecule has 0 aliphatic heterocycles. The lowest BCUT2D eigenvalue weighted by atomic mass is 10.1. The van der Waals surface area contributed by atoms with Gasteiger partial charge in [-0.25, -0.2) is 0 Å². The monoisotopic (exact) mass is 201 g/mol. The molecule has 13 heavy (non-hydrogen) atoms. The number of halogens is 1. The van der Waals surface area contributed by atoms with Crippen LogP contribution < -0.4 is 5.32 Å². The molecule has 0 unspecified atom stereocenters. The molecule has 0 fully saturated rings. The average Bonchev–Trinajstić information content (AvgIpc) is 2.10. The van der Waals surface area contributed by atoms with Crippen LogP contribution in [0.3, 0.4) is 0 Å². The second kappa shape index (κ2) is 4.46. The van der Waals surface area contributed by atoms with Crippen molar-refractivity contribution in [3.63, 3.8) is 0 Å². The Hall–Kier alpha value is -0.770. The number of rotatable bonds is 3. The molecule has 0 amide bonds. The average molecular weight is 202 g/mol. The number of nitrogens with one attached hydrogen (secondary N) is 1. The molecule has 1 aromatic rings. The van der Waals surface area contributed by atoms with Crippen LogP contribution in [0.4, 0.5) is 0 Å². The van der Waals surface area contributed by atoms with E-state index in [-0.39, 0.29) is 5.75 Å². The number of aliphatic hydroxyl groups is 1. The zero-order chi connectivity index (χ0) is 9.84. The number of likely N-dealkylation sites (N-methyl/N-ethyl adjacent to an activating group) is 1. The Morgan fingerprint density at radius 2 is 2.23 bits per heavy atom. The fourth-order valence-electron chi connectivity index (χ4n) is 1.05. The van der Waals surface area contributed by atoms with Gasteiger partial charge in [-0.15, -0.1) is 0 Å². The van der Waals surface area contributed by atoms with Gasteiger partial charge < -0.3 is 15.5 Å². The van der Waals surface area contributed by atoms with Gasteiger partial charge in [0.15, 0.2) is 0 Å². The van der Waals surface area contributed by atoms with Crippen LogP contribution in [0, 0.1) is 0 Å². The molecule has 1 aromatic carbocycles. The summed E-state index contributed by atoms with van der Waals surface area (Å²) in [4.78, 5) is 0. The van der Waals surface area contributed by atoms with Gasteiger partial charge in [-0.2, -0.15) is 0 Å². The van der Waals surface area contributed by atoms with Crippen LogP contribution >= 0.6 is 11.6 Å². The number of hydrogen-bond donors (Lipinski definition) is 3. The summed E-state index contributed by atoms with van der Waals surface area (Å²) in [5, 5.41) is 21.9. The fourth-order valence-corrected chi connectivity index (χ4v) is 1.17. The molecule has 0 spiro atoms. The lowest BCUT2D eigenvalue weighted by molar-refractivity contribution is 0.177. The van der Waals surface area contributed by atoms with Gasteiger partial charge in [0.05, 0.1) is 11.1 Å². The number of benzene rings is 1. The molecule has 0 aromatic heterocycles. The molecule has 1 rings (SSSR count). The molecule has 3 N–H and O–H groups in total. The summed E-state index contributed by atoms with van der Waals surface area (Å²) in [6, 6.07) is 4.71. The summed E-state index contributed by atoms with van der Waals surface area (Å²) in [6.45, 7) is 0.446. The van der Waals surface area contributed by atoms with Gasteiger partial charge in [0.2, 0.25) is 0 Å². The number of hydrogen-bond acceptors (Lipinski definition) is 3. The molecular weight excluding hydrogens is 190 g/mol. The van der Waals surface area contributed by atoms with Gasteiger partial charge in [0, 0.05) is 6.54 Å². The van der Waals surface area contributed by atoms with E-state index in [1.165, 1.54) is 6.07 Å². The van der Waals surface area contributed by atoms with Crippen LogP contribution in [0.2, 0.25) is 5.02 Å². The zero-order valence-corrected chi connectivity index (χ0v) is 8.04. The minimum absolute atomic E-state index is 0.00526. The number of phenols is 1. The zero-order valence-electron chi connectivity index (χ0n) is 7.29. The molecule has 4 heteroatoms. The van der Waals surface area contributed by atoms with Crippen molar-refractivity contribution in [2.24, 2.45) is 0 Å². The van der Waals surface area contributed by atoms with Gasteiger partial charge in [-0.1, -0.05) is 17.7 Å². The van der Waals surface area contributed by atoms with Crippen LogP contribution in [-0.4, -0.2) is 23.8 Å². The molecule has 0 aliphatic carbocycles. The SMILES string of the molecule is CNC[C@@H](O)c1ccc(Cl)c(O)c1. The van der Waals surface area contributed by atoms with Crippen molar-refractivity contribution in [1.82, 2.24) is 5.32 Å². The maximum absolute atomic E-state index is 9.52. The van der Waals surface area contributed by atoms with E-state index < -0.39 is 6.10 Å². The normalized spacial score (nSPS) is 12.8. The van der Waals surface area contributed by atoms with Crippen molar-refractivity contribution in [1.29, 1.82) is 0 Å². The van der Waals surface area contributed by atoms with Crippen LogP contribution in [-0.2, 0) is 0 Å². The van der Waals surface area contributed by atoms with E-state index in [2.05, 4.69) is 5.32 Å². The molecule has 0 saturated heterocycles. The first kappa shape index (κ1) is 10.3. The predicted molar refractivity (Wildman–Crippen MR) is 52.0 cm³/mol. The second-order valence-electron chi connectivity index (χ2n) is 2.78. The van der Waals surface area contributed by atoms with Gasteiger partial charge in [0.25, 0.3) is 0 Å². The van der Waals surface area contributed by atoms with E-state index in [1.807, 2.05) is 0 Å².